The van der Waals surface area contributed by atoms with Crippen LogP contribution < -0.4 is 5.32 Å². The number of hydrogen-bond donors (Lipinski definition) is 1. The van der Waals surface area contributed by atoms with Crippen LogP contribution >= 0.6 is 0 Å². The summed E-state index contributed by atoms with van der Waals surface area (Å²) < 4.78 is 19.0. The standard InChI is InChI=1S/C23H32FN3O3/c1-22(2,3)17-8-10-23(11-9-17)20(28)27(21(29)25-23)15-26-12-13-30-19(14-26)16-4-6-18(24)7-5-16/h4-7,17,19H,8-15H2,1-3H3,(H,25,29). The van der Waals surface area contributed by atoms with Crippen molar-refractivity contribution in [2.24, 2.45) is 11.3 Å². The van der Waals surface area contributed by atoms with Gasteiger partial charge >= 0.3 is 6.03 Å². The molecule has 0 aromatic heterocycles. The molecule has 0 radical (unpaired) electrons. The number of carbonyl (C=O) groups excluding carboxylic acids is 2. The molecule has 1 aliphatic carbocycles. The highest BCUT2D eigenvalue weighted by molar-refractivity contribution is 6.07. The van der Waals surface area contributed by atoms with Crippen LogP contribution in [0.3, 0.4) is 0 Å². The maximum absolute atomic E-state index is 13.3. The summed E-state index contributed by atoms with van der Waals surface area (Å²) in [6.07, 6.45) is 3.12. The van der Waals surface area contributed by atoms with Gasteiger partial charge in [0.1, 0.15) is 11.4 Å². The van der Waals surface area contributed by atoms with Crippen molar-refractivity contribution in [2.45, 2.75) is 58.1 Å². The molecule has 6 nitrogen and oxygen atoms in total. The molecule has 1 aromatic rings. The third-order valence-corrected chi connectivity index (χ3v) is 7.04. The van der Waals surface area contributed by atoms with Crippen LogP contribution in [0.25, 0.3) is 0 Å². The highest BCUT2D eigenvalue weighted by Crippen LogP contribution is 2.43. The Hall–Kier alpha value is -1.99. The molecule has 3 fully saturated rings. The maximum Gasteiger partial charge on any atom is 0.326 e. The van der Waals surface area contributed by atoms with Gasteiger partial charge in [-0.1, -0.05) is 32.9 Å². The topological polar surface area (TPSA) is 61.9 Å². The first kappa shape index (κ1) is 21.2. The number of halogens is 1. The number of morpholine rings is 1. The number of imide groups is 1. The predicted molar refractivity (Wildman–Crippen MR) is 111 cm³/mol. The first-order valence-corrected chi connectivity index (χ1v) is 10.9. The summed E-state index contributed by atoms with van der Waals surface area (Å²) in [6.45, 7) is 8.70. The molecule has 164 valence electrons. The molecular weight excluding hydrogens is 385 g/mol. The van der Waals surface area contributed by atoms with E-state index in [0.717, 1.165) is 18.4 Å². The Kier molecular flexibility index (Phi) is 5.62. The number of ether oxygens (including phenoxy) is 1. The Morgan fingerprint density at radius 1 is 1.17 bits per heavy atom. The van der Waals surface area contributed by atoms with E-state index in [-0.39, 0.29) is 35.9 Å². The van der Waals surface area contributed by atoms with Crippen molar-refractivity contribution in [3.05, 3.63) is 35.6 Å². The predicted octanol–water partition coefficient (Wildman–Crippen LogP) is 3.68. The summed E-state index contributed by atoms with van der Waals surface area (Å²) in [5.74, 6) is 0.194. The van der Waals surface area contributed by atoms with Crippen molar-refractivity contribution in [3.63, 3.8) is 0 Å². The minimum Gasteiger partial charge on any atom is -0.371 e. The lowest BCUT2D eigenvalue weighted by atomic mass is 9.67. The molecular formula is C23H32FN3O3. The van der Waals surface area contributed by atoms with Crippen molar-refractivity contribution in [2.75, 3.05) is 26.4 Å². The van der Waals surface area contributed by atoms with Gasteiger partial charge in [-0.05, 0) is 54.7 Å². The van der Waals surface area contributed by atoms with E-state index in [1.165, 1.54) is 17.0 Å². The molecule has 1 unspecified atom stereocenters. The lowest BCUT2D eigenvalue weighted by Crippen LogP contribution is -2.51. The Bertz CT molecular complexity index is 797. The van der Waals surface area contributed by atoms with Crippen molar-refractivity contribution in [3.8, 4) is 0 Å². The van der Waals surface area contributed by atoms with Gasteiger partial charge in [0.2, 0.25) is 0 Å². The molecule has 0 bridgehead atoms. The van der Waals surface area contributed by atoms with Crippen LogP contribution in [0.4, 0.5) is 9.18 Å². The molecule has 3 aliphatic rings. The summed E-state index contributed by atoms with van der Waals surface area (Å²) in [6, 6.07) is 6.00. The molecule has 7 heteroatoms. The van der Waals surface area contributed by atoms with Gasteiger partial charge < -0.3 is 10.1 Å². The fourth-order valence-corrected chi connectivity index (χ4v) is 5.03. The number of nitrogens with one attached hydrogen (secondary N) is 1. The zero-order chi connectivity index (χ0) is 21.5. The van der Waals surface area contributed by atoms with Crippen LogP contribution in [0.1, 0.15) is 58.1 Å². The molecule has 1 aromatic carbocycles. The molecule has 4 rings (SSSR count). The molecule has 30 heavy (non-hydrogen) atoms. The van der Waals surface area contributed by atoms with Gasteiger partial charge in [-0.25, -0.2) is 14.1 Å². The number of amides is 3. The van der Waals surface area contributed by atoms with Crippen LogP contribution in [-0.4, -0.2) is 53.6 Å². The smallest absolute Gasteiger partial charge is 0.326 e. The molecule has 2 saturated heterocycles. The number of carbonyl (C=O) groups is 2. The van der Waals surface area contributed by atoms with Crippen LogP contribution in [0.5, 0.6) is 0 Å². The molecule has 1 N–H and O–H groups in total. The van der Waals surface area contributed by atoms with E-state index in [9.17, 15) is 14.0 Å². The quantitative estimate of drug-likeness (QED) is 0.762. The summed E-state index contributed by atoms with van der Waals surface area (Å²) in [5.41, 5.74) is 0.382. The molecule has 1 atom stereocenters. The lowest BCUT2D eigenvalue weighted by molar-refractivity contribution is -0.136. The second-order valence-electron chi connectivity index (χ2n) is 10.0. The monoisotopic (exact) mass is 417 g/mol. The van der Waals surface area contributed by atoms with Gasteiger partial charge in [-0.15, -0.1) is 0 Å². The van der Waals surface area contributed by atoms with Crippen molar-refractivity contribution < 1.29 is 18.7 Å². The fraction of sp³-hybridized carbons (Fsp3) is 0.652. The van der Waals surface area contributed by atoms with Crippen LogP contribution in [-0.2, 0) is 9.53 Å². The summed E-state index contributed by atoms with van der Waals surface area (Å²) in [5, 5.41) is 3.02. The lowest BCUT2D eigenvalue weighted by Gasteiger charge is -2.40. The average molecular weight is 418 g/mol. The van der Waals surface area contributed by atoms with E-state index in [2.05, 4.69) is 31.0 Å². The van der Waals surface area contributed by atoms with Crippen LogP contribution in [0, 0.1) is 17.2 Å². The fourth-order valence-electron chi connectivity index (χ4n) is 5.03. The number of nitrogens with zero attached hydrogens (tertiary/aromatic N) is 2. The van der Waals surface area contributed by atoms with Gasteiger partial charge in [0, 0.05) is 13.1 Å². The van der Waals surface area contributed by atoms with Crippen molar-refractivity contribution in [1.82, 2.24) is 15.1 Å². The molecule has 1 spiro atoms. The van der Waals surface area contributed by atoms with Gasteiger partial charge in [0.15, 0.2) is 0 Å². The third kappa shape index (κ3) is 4.10. The summed E-state index contributed by atoms with van der Waals surface area (Å²) in [7, 11) is 0. The Labute approximate surface area is 177 Å². The zero-order valence-corrected chi connectivity index (χ0v) is 18.1. The Morgan fingerprint density at radius 2 is 1.83 bits per heavy atom. The van der Waals surface area contributed by atoms with E-state index in [0.29, 0.717) is 38.5 Å². The van der Waals surface area contributed by atoms with Gasteiger partial charge in [0.25, 0.3) is 5.91 Å². The number of hydrogen-bond acceptors (Lipinski definition) is 4. The van der Waals surface area contributed by atoms with Crippen molar-refractivity contribution >= 4 is 11.9 Å². The second kappa shape index (κ2) is 7.93. The van der Waals surface area contributed by atoms with E-state index in [4.69, 9.17) is 4.74 Å². The average Bonchev–Trinajstić information content (AvgIpc) is 2.92. The third-order valence-electron chi connectivity index (χ3n) is 7.04. The maximum atomic E-state index is 13.3. The SMILES string of the molecule is CC(C)(C)C1CCC2(CC1)NC(=O)N(CN1CCOC(c3ccc(F)cc3)C1)C2=O. The van der Waals surface area contributed by atoms with Crippen LogP contribution in [0.15, 0.2) is 24.3 Å². The number of urea groups is 1. The van der Waals surface area contributed by atoms with Crippen LogP contribution in [0.2, 0.25) is 0 Å². The summed E-state index contributed by atoms with van der Waals surface area (Å²) >= 11 is 0. The van der Waals surface area contributed by atoms with Gasteiger partial charge in [-0.2, -0.15) is 0 Å². The van der Waals surface area contributed by atoms with E-state index in [1.54, 1.807) is 12.1 Å². The largest absolute Gasteiger partial charge is 0.371 e. The van der Waals surface area contributed by atoms with Crippen molar-refractivity contribution in [1.29, 1.82) is 0 Å². The number of rotatable bonds is 3. The highest BCUT2D eigenvalue weighted by Gasteiger charge is 2.53. The minimum atomic E-state index is -0.735. The van der Waals surface area contributed by atoms with E-state index >= 15 is 0 Å². The summed E-state index contributed by atoms with van der Waals surface area (Å²) in [4.78, 5) is 29.4. The first-order valence-electron chi connectivity index (χ1n) is 10.9. The van der Waals surface area contributed by atoms with Gasteiger partial charge in [-0.3, -0.25) is 9.69 Å². The Morgan fingerprint density at radius 3 is 2.47 bits per heavy atom. The normalized spacial score (nSPS) is 30.7. The highest BCUT2D eigenvalue weighted by atomic mass is 19.1. The Balaban J connectivity index is 1.39. The number of benzene rings is 1. The second-order valence-corrected chi connectivity index (χ2v) is 10.0. The molecule has 1 saturated carbocycles. The zero-order valence-electron chi connectivity index (χ0n) is 18.1. The molecule has 3 amide bonds. The van der Waals surface area contributed by atoms with E-state index in [1.807, 2.05) is 0 Å². The minimum absolute atomic E-state index is 0.0929. The molecule has 2 aliphatic heterocycles. The van der Waals surface area contributed by atoms with E-state index < -0.39 is 5.54 Å². The first-order chi connectivity index (χ1) is 14.2. The molecule has 2 heterocycles. The van der Waals surface area contributed by atoms with Gasteiger partial charge in [0.05, 0.1) is 19.4 Å².